The molecule has 0 unspecified atom stereocenters. The fourth-order valence-electron chi connectivity index (χ4n) is 2.01. The Morgan fingerprint density at radius 3 is 2.25 bits per heavy atom. The Hall–Kier alpha value is -1.09. The molecule has 1 heterocycles. The highest BCUT2D eigenvalue weighted by Gasteiger charge is 2.17. The molecule has 16 heavy (non-hydrogen) atoms. The van der Waals surface area contributed by atoms with Gasteiger partial charge < -0.3 is 4.90 Å². The van der Waals surface area contributed by atoms with Gasteiger partial charge in [0, 0.05) is 12.1 Å². The summed E-state index contributed by atoms with van der Waals surface area (Å²) < 4.78 is 1.27. The predicted octanol–water partition coefficient (Wildman–Crippen LogP) is 3.92. The summed E-state index contributed by atoms with van der Waals surface area (Å²) in [6.07, 6.45) is 0. The van der Waals surface area contributed by atoms with Crippen LogP contribution in [0.1, 0.15) is 27.7 Å². The molecule has 1 aromatic carbocycles. The number of hydrogen-bond acceptors (Lipinski definition) is 3. The van der Waals surface area contributed by atoms with Crippen molar-refractivity contribution < 1.29 is 0 Å². The van der Waals surface area contributed by atoms with Gasteiger partial charge in [-0.1, -0.05) is 23.5 Å². The van der Waals surface area contributed by atoms with E-state index in [0.29, 0.717) is 12.1 Å². The Kier molecular flexibility index (Phi) is 3.15. The molecule has 0 bridgehead atoms. The molecule has 86 valence electrons. The van der Waals surface area contributed by atoms with Crippen LogP contribution in [0.3, 0.4) is 0 Å². The van der Waals surface area contributed by atoms with Gasteiger partial charge in [0.25, 0.3) is 0 Å². The van der Waals surface area contributed by atoms with E-state index in [1.165, 1.54) is 4.70 Å². The van der Waals surface area contributed by atoms with Crippen molar-refractivity contribution in [1.29, 1.82) is 0 Å². The first-order chi connectivity index (χ1) is 7.59. The van der Waals surface area contributed by atoms with Crippen LogP contribution >= 0.6 is 11.3 Å². The highest BCUT2D eigenvalue weighted by atomic mass is 32.1. The Morgan fingerprint density at radius 2 is 1.69 bits per heavy atom. The third-order valence-electron chi connectivity index (χ3n) is 2.62. The summed E-state index contributed by atoms with van der Waals surface area (Å²) in [4.78, 5) is 7.07. The normalized spacial score (nSPS) is 11.6. The van der Waals surface area contributed by atoms with Crippen LogP contribution < -0.4 is 4.90 Å². The smallest absolute Gasteiger partial charge is 0.186 e. The van der Waals surface area contributed by atoms with Crippen molar-refractivity contribution in [3.05, 3.63) is 24.3 Å². The van der Waals surface area contributed by atoms with Gasteiger partial charge >= 0.3 is 0 Å². The van der Waals surface area contributed by atoms with Crippen molar-refractivity contribution in [3.63, 3.8) is 0 Å². The van der Waals surface area contributed by atoms with E-state index in [1.807, 2.05) is 6.07 Å². The summed E-state index contributed by atoms with van der Waals surface area (Å²) in [5.74, 6) is 0. The van der Waals surface area contributed by atoms with Gasteiger partial charge in [-0.05, 0) is 39.8 Å². The molecular formula is C13H18N2S. The van der Waals surface area contributed by atoms with Gasteiger partial charge in [-0.3, -0.25) is 0 Å². The number of hydrogen-bond donors (Lipinski definition) is 0. The number of benzene rings is 1. The lowest BCUT2D eigenvalue weighted by Crippen LogP contribution is -2.36. The maximum Gasteiger partial charge on any atom is 0.186 e. The summed E-state index contributed by atoms with van der Waals surface area (Å²) in [5, 5.41) is 1.13. The van der Waals surface area contributed by atoms with Crippen LogP contribution in [0.15, 0.2) is 24.3 Å². The molecule has 2 nitrogen and oxygen atoms in total. The molecule has 0 aliphatic carbocycles. The number of anilines is 1. The van der Waals surface area contributed by atoms with Crippen molar-refractivity contribution in [3.8, 4) is 0 Å². The molecule has 0 N–H and O–H groups in total. The lowest BCUT2D eigenvalue weighted by molar-refractivity contribution is 0.607. The standard InChI is InChI=1S/C13H18N2S/c1-9(2)15(10(3)4)13-14-11-7-5-6-8-12(11)16-13/h5-10H,1-4H3. The zero-order valence-corrected chi connectivity index (χ0v) is 11.1. The lowest BCUT2D eigenvalue weighted by Gasteiger charge is -2.30. The largest absolute Gasteiger partial charge is 0.343 e. The third kappa shape index (κ3) is 2.05. The van der Waals surface area contributed by atoms with Gasteiger partial charge in [-0.15, -0.1) is 0 Å². The average Bonchev–Trinajstić information content (AvgIpc) is 2.58. The van der Waals surface area contributed by atoms with E-state index in [1.54, 1.807) is 11.3 Å². The molecule has 0 amide bonds. The van der Waals surface area contributed by atoms with Crippen LogP contribution in [0.5, 0.6) is 0 Å². The molecule has 0 aliphatic heterocycles. The summed E-state index contributed by atoms with van der Waals surface area (Å²) in [6, 6.07) is 9.30. The van der Waals surface area contributed by atoms with Crippen molar-refractivity contribution in [2.24, 2.45) is 0 Å². The minimum absolute atomic E-state index is 0.487. The van der Waals surface area contributed by atoms with Crippen LogP contribution in [-0.2, 0) is 0 Å². The number of aromatic nitrogens is 1. The molecule has 0 radical (unpaired) electrons. The van der Waals surface area contributed by atoms with Crippen LogP contribution in [0.2, 0.25) is 0 Å². The molecule has 0 atom stereocenters. The molecule has 0 fully saturated rings. The Bertz CT molecular complexity index is 432. The fourth-order valence-corrected chi connectivity index (χ4v) is 3.24. The second kappa shape index (κ2) is 4.42. The van der Waals surface area contributed by atoms with Crippen molar-refractivity contribution in [2.45, 2.75) is 39.8 Å². The minimum atomic E-state index is 0.487. The van der Waals surface area contributed by atoms with Gasteiger partial charge in [0.05, 0.1) is 10.2 Å². The van der Waals surface area contributed by atoms with Gasteiger partial charge in [0.2, 0.25) is 0 Å². The SMILES string of the molecule is CC(C)N(c1nc2ccccc2s1)C(C)C. The van der Waals surface area contributed by atoms with E-state index >= 15 is 0 Å². The number of para-hydroxylation sites is 1. The van der Waals surface area contributed by atoms with E-state index in [-0.39, 0.29) is 0 Å². The molecule has 0 saturated carbocycles. The first kappa shape index (κ1) is 11.4. The van der Waals surface area contributed by atoms with Crippen molar-refractivity contribution in [2.75, 3.05) is 4.90 Å². The van der Waals surface area contributed by atoms with Crippen LogP contribution in [0.4, 0.5) is 5.13 Å². The molecular weight excluding hydrogens is 216 g/mol. The Morgan fingerprint density at radius 1 is 1.06 bits per heavy atom. The van der Waals surface area contributed by atoms with Crippen molar-refractivity contribution >= 4 is 26.7 Å². The average molecular weight is 234 g/mol. The van der Waals surface area contributed by atoms with Gasteiger partial charge in [0.15, 0.2) is 5.13 Å². The first-order valence-corrected chi connectivity index (χ1v) is 6.55. The lowest BCUT2D eigenvalue weighted by atomic mass is 10.2. The molecule has 1 aromatic heterocycles. The van der Waals surface area contributed by atoms with Gasteiger partial charge in [0.1, 0.15) is 0 Å². The van der Waals surface area contributed by atoms with Crippen molar-refractivity contribution in [1.82, 2.24) is 4.98 Å². The third-order valence-corrected chi connectivity index (χ3v) is 3.67. The number of rotatable bonds is 3. The molecule has 0 spiro atoms. The molecule has 0 aliphatic rings. The molecule has 2 aromatic rings. The van der Waals surface area contributed by atoms with Gasteiger partial charge in [-0.2, -0.15) is 0 Å². The molecule has 3 heteroatoms. The van der Waals surface area contributed by atoms with E-state index < -0.39 is 0 Å². The molecule has 2 rings (SSSR count). The van der Waals surface area contributed by atoms with E-state index in [4.69, 9.17) is 4.98 Å². The zero-order chi connectivity index (χ0) is 11.7. The van der Waals surface area contributed by atoms with Crippen LogP contribution in [0.25, 0.3) is 10.2 Å². The number of fused-ring (bicyclic) bond motifs is 1. The second-order valence-electron chi connectivity index (χ2n) is 4.56. The maximum atomic E-state index is 4.70. The first-order valence-electron chi connectivity index (χ1n) is 5.73. The Labute approximate surface area is 101 Å². The van der Waals surface area contributed by atoms with Crippen LogP contribution in [0, 0.1) is 0 Å². The minimum Gasteiger partial charge on any atom is -0.343 e. The summed E-state index contributed by atoms with van der Waals surface area (Å²) in [5.41, 5.74) is 1.11. The highest BCUT2D eigenvalue weighted by Crippen LogP contribution is 2.30. The number of nitrogens with zero attached hydrogens (tertiary/aromatic N) is 2. The highest BCUT2D eigenvalue weighted by molar-refractivity contribution is 7.22. The fraction of sp³-hybridized carbons (Fsp3) is 0.462. The monoisotopic (exact) mass is 234 g/mol. The van der Waals surface area contributed by atoms with E-state index in [0.717, 1.165) is 10.6 Å². The predicted molar refractivity (Wildman–Crippen MR) is 72.4 cm³/mol. The topological polar surface area (TPSA) is 16.1 Å². The summed E-state index contributed by atoms with van der Waals surface area (Å²) in [7, 11) is 0. The Balaban J connectivity index is 2.45. The number of thiazole rings is 1. The maximum absolute atomic E-state index is 4.70. The molecule has 0 saturated heterocycles. The van der Waals surface area contributed by atoms with Crippen LogP contribution in [-0.4, -0.2) is 17.1 Å². The van der Waals surface area contributed by atoms with E-state index in [9.17, 15) is 0 Å². The summed E-state index contributed by atoms with van der Waals surface area (Å²) >= 11 is 1.78. The summed E-state index contributed by atoms with van der Waals surface area (Å²) in [6.45, 7) is 8.86. The second-order valence-corrected chi connectivity index (χ2v) is 5.57. The van der Waals surface area contributed by atoms with E-state index in [2.05, 4.69) is 50.8 Å². The quantitative estimate of drug-likeness (QED) is 0.800. The van der Waals surface area contributed by atoms with Gasteiger partial charge in [-0.25, -0.2) is 4.98 Å². The zero-order valence-electron chi connectivity index (χ0n) is 10.3.